The molecule has 0 saturated carbocycles. The molecule has 0 bridgehead atoms. The van der Waals surface area contributed by atoms with Crippen LogP contribution in [0.5, 0.6) is 0 Å². The molecule has 4 nitrogen and oxygen atoms in total. The molecule has 0 aliphatic rings. The Labute approximate surface area is 122 Å². The molecule has 5 heteroatoms. The number of carbonyl (C=O) groups is 2. The Kier molecular flexibility index (Phi) is 18.4. The van der Waals surface area contributed by atoms with Crippen LogP contribution in [0, 0.1) is 0 Å². The van der Waals surface area contributed by atoms with Crippen molar-refractivity contribution in [1.29, 1.82) is 0 Å². The first-order valence-electron chi connectivity index (χ1n) is 6.66. The van der Waals surface area contributed by atoms with Crippen LogP contribution in [0.4, 0.5) is 0 Å². The van der Waals surface area contributed by atoms with E-state index in [0.29, 0.717) is 12.8 Å². The first kappa shape index (κ1) is 20.9. The van der Waals surface area contributed by atoms with E-state index in [1.165, 1.54) is 11.1 Å². The minimum atomic E-state index is -1.17. The molecule has 1 aromatic rings. The zero-order valence-corrected chi connectivity index (χ0v) is 13.2. The number of hydrogen-bond acceptors (Lipinski definition) is 3. The minimum absolute atomic E-state index is 0.639. The number of aryl methyl sites for hydroxylation is 2. The second-order valence-electron chi connectivity index (χ2n) is 3.89. The van der Waals surface area contributed by atoms with Gasteiger partial charge < -0.3 is 9.59 Å². The zero-order chi connectivity index (χ0) is 15.6. The molecule has 112 valence electrons. The van der Waals surface area contributed by atoms with Crippen LogP contribution in [0.15, 0.2) is 24.3 Å². The van der Waals surface area contributed by atoms with Crippen molar-refractivity contribution < 1.29 is 19.0 Å². The molecule has 0 fully saturated rings. The third-order valence-electron chi connectivity index (χ3n) is 2.34. The van der Waals surface area contributed by atoms with Crippen LogP contribution in [0.1, 0.15) is 44.2 Å². The summed E-state index contributed by atoms with van der Waals surface area (Å²) in [5.74, 6) is 0. The Morgan fingerprint density at radius 3 is 1.85 bits per heavy atom. The maximum Gasteiger partial charge on any atom is 0.491 e. The van der Waals surface area contributed by atoms with Gasteiger partial charge in [-0.15, -0.1) is 0 Å². The molecule has 20 heavy (non-hydrogen) atoms. The smallest absolute Gasteiger partial charge is 0.303 e. The van der Waals surface area contributed by atoms with Crippen LogP contribution in [0.25, 0.3) is 0 Å². The van der Waals surface area contributed by atoms with Crippen LogP contribution in [0.2, 0.25) is 0 Å². The Hall–Kier alpha value is -1.38. The lowest BCUT2D eigenvalue weighted by Gasteiger charge is -2.05. The van der Waals surface area contributed by atoms with Gasteiger partial charge in [0.15, 0.2) is 0 Å². The van der Waals surface area contributed by atoms with Crippen molar-refractivity contribution in [3.63, 3.8) is 0 Å². The first-order chi connectivity index (χ1) is 9.71. The molecule has 1 atom stereocenters. The molecule has 0 aliphatic heterocycles. The summed E-state index contributed by atoms with van der Waals surface area (Å²) in [5.41, 5.74) is 2.73. The van der Waals surface area contributed by atoms with Gasteiger partial charge in [0.25, 0.3) is 0 Å². The van der Waals surface area contributed by atoms with Crippen molar-refractivity contribution in [2.45, 2.75) is 46.0 Å². The maximum absolute atomic E-state index is 10.2. The number of aldehydes is 2. The minimum Gasteiger partial charge on any atom is -0.303 e. The third kappa shape index (κ3) is 13.1. The summed E-state index contributed by atoms with van der Waals surface area (Å²) in [6, 6.07) is 8.38. The molecule has 0 saturated heterocycles. The molecular formula is C15H24O4P+. The molecule has 0 spiro atoms. The largest absolute Gasteiger partial charge is 0.491 e. The topological polar surface area (TPSA) is 71.4 Å². The molecule has 1 unspecified atom stereocenters. The fraction of sp³-hybridized carbons (Fsp3) is 0.467. The summed E-state index contributed by atoms with van der Waals surface area (Å²) in [7, 11) is -1.17. The lowest BCUT2D eigenvalue weighted by atomic mass is 10.00. The average Bonchev–Trinajstić information content (AvgIpc) is 2.48. The molecular weight excluding hydrogens is 275 g/mol. The van der Waals surface area contributed by atoms with Crippen LogP contribution < -0.4 is 0 Å². The SMILES string of the molecule is CCC=O.CCCc1ccccc1CCC=O.O=[PH+]O. The molecule has 1 rings (SSSR count). The van der Waals surface area contributed by atoms with Gasteiger partial charge in [0.1, 0.15) is 12.6 Å². The lowest BCUT2D eigenvalue weighted by molar-refractivity contribution is -0.108. The van der Waals surface area contributed by atoms with Crippen molar-refractivity contribution in [3.8, 4) is 0 Å². The second kappa shape index (κ2) is 17.6. The summed E-state index contributed by atoms with van der Waals surface area (Å²) in [5, 5.41) is 0. The van der Waals surface area contributed by atoms with Gasteiger partial charge in [-0.2, -0.15) is 4.89 Å². The predicted molar refractivity (Wildman–Crippen MR) is 82.4 cm³/mol. The quantitative estimate of drug-likeness (QED) is 0.646. The first-order valence-corrected chi connectivity index (χ1v) is 7.52. The van der Waals surface area contributed by atoms with E-state index in [4.69, 9.17) is 9.46 Å². The normalized spacial score (nSPS) is 8.75. The maximum atomic E-state index is 10.2. The van der Waals surface area contributed by atoms with E-state index in [-0.39, 0.29) is 0 Å². The van der Waals surface area contributed by atoms with E-state index < -0.39 is 8.69 Å². The van der Waals surface area contributed by atoms with E-state index in [1.54, 1.807) is 0 Å². The fourth-order valence-electron chi connectivity index (χ4n) is 1.53. The second-order valence-corrected chi connectivity index (χ2v) is 4.07. The lowest BCUT2D eigenvalue weighted by Crippen LogP contribution is -1.94. The summed E-state index contributed by atoms with van der Waals surface area (Å²) in [6.45, 7) is 3.99. The molecule has 0 heterocycles. The van der Waals surface area contributed by atoms with Crippen molar-refractivity contribution in [2.75, 3.05) is 0 Å². The van der Waals surface area contributed by atoms with E-state index >= 15 is 0 Å². The highest BCUT2D eigenvalue weighted by molar-refractivity contribution is 7.16. The van der Waals surface area contributed by atoms with Gasteiger partial charge >= 0.3 is 8.69 Å². The predicted octanol–water partition coefficient (Wildman–Crippen LogP) is 3.28. The third-order valence-corrected chi connectivity index (χ3v) is 2.34. The number of hydrogen-bond donors (Lipinski definition) is 1. The Morgan fingerprint density at radius 1 is 1.05 bits per heavy atom. The number of benzene rings is 1. The Bertz CT molecular complexity index is 367. The zero-order valence-electron chi connectivity index (χ0n) is 12.2. The van der Waals surface area contributed by atoms with E-state index in [1.807, 2.05) is 13.0 Å². The highest BCUT2D eigenvalue weighted by atomic mass is 31.1. The van der Waals surface area contributed by atoms with Crippen LogP contribution in [-0.4, -0.2) is 17.5 Å². The van der Waals surface area contributed by atoms with Crippen LogP contribution in [0.3, 0.4) is 0 Å². The molecule has 0 aliphatic carbocycles. The van der Waals surface area contributed by atoms with E-state index in [9.17, 15) is 9.59 Å². The molecule has 0 radical (unpaired) electrons. The Balaban J connectivity index is 0. The highest BCUT2D eigenvalue weighted by Gasteiger charge is 1.99. The summed E-state index contributed by atoms with van der Waals surface area (Å²) < 4.78 is 8.51. The monoisotopic (exact) mass is 299 g/mol. The van der Waals surface area contributed by atoms with E-state index in [2.05, 4.69) is 25.1 Å². The summed E-state index contributed by atoms with van der Waals surface area (Å²) in [4.78, 5) is 26.5. The Morgan fingerprint density at radius 2 is 1.50 bits per heavy atom. The van der Waals surface area contributed by atoms with Crippen molar-refractivity contribution in [1.82, 2.24) is 0 Å². The molecule has 1 aromatic carbocycles. The van der Waals surface area contributed by atoms with Gasteiger partial charge in [-0.1, -0.05) is 44.5 Å². The molecule has 0 amide bonds. The average molecular weight is 299 g/mol. The van der Waals surface area contributed by atoms with Crippen LogP contribution in [-0.2, 0) is 27.0 Å². The van der Waals surface area contributed by atoms with Crippen molar-refractivity contribution in [2.24, 2.45) is 0 Å². The standard InChI is InChI=1S/C12H16O.C3H6O.HO2P/c1-2-6-11-7-3-4-8-12(11)9-5-10-13;1-2-3-4;1-3-2/h3-4,7-8,10H,2,5-6,9H2,1H3;3H,2H2,1H3;3H/p+1. The van der Waals surface area contributed by atoms with Gasteiger partial charge in [0.05, 0.1) is 0 Å². The fourth-order valence-corrected chi connectivity index (χ4v) is 1.53. The van der Waals surface area contributed by atoms with E-state index in [0.717, 1.165) is 31.8 Å². The van der Waals surface area contributed by atoms with Gasteiger partial charge in [0, 0.05) is 12.8 Å². The number of rotatable bonds is 6. The van der Waals surface area contributed by atoms with Crippen LogP contribution >= 0.6 is 8.69 Å². The van der Waals surface area contributed by atoms with Crippen molar-refractivity contribution in [3.05, 3.63) is 35.4 Å². The van der Waals surface area contributed by atoms with Gasteiger partial charge in [0.2, 0.25) is 0 Å². The van der Waals surface area contributed by atoms with Gasteiger partial charge in [-0.3, -0.25) is 0 Å². The summed E-state index contributed by atoms with van der Waals surface area (Å²) >= 11 is 0. The van der Waals surface area contributed by atoms with Gasteiger partial charge in [-0.05, 0) is 28.5 Å². The van der Waals surface area contributed by atoms with Gasteiger partial charge in [-0.25, -0.2) is 0 Å². The number of carbonyl (C=O) groups excluding carboxylic acids is 2. The molecule has 1 N–H and O–H groups in total. The summed E-state index contributed by atoms with van der Waals surface area (Å²) in [6.07, 6.45) is 6.32. The molecule has 0 aromatic heterocycles. The highest BCUT2D eigenvalue weighted by Crippen LogP contribution is 2.12. The van der Waals surface area contributed by atoms with Crippen molar-refractivity contribution >= 4 is 21.3 Å².